The van der Waals surface area contributed by atoms with E-state index in [0.717, 1.165) is 32.1 Å². The molecule has 0 amide bonds. The van der Waals surface area contributed by atoms with Crippen LogP contribution >= 0.6 is 23.2 Å². The number of ketones is 1. The van der Waals surface area contributed by atoms with Crippen LogP contribution in [0.15, 0.2) is 0 Å². The SMILES string of the molecule is CCC(CCCCC1CCCC2C(=O)C(Cl)(Cl)C12)OC. The minimum Gasteiger partial charge on any atom is -0.381 e. The number of rotatable bonds is 7. The van der Waals surface area contributed by atoms with E-state index in [1.54, 1.807) is 7.11 Å². The van der Waals surface area contributed by atoms with Crippen LogP contribution in [0.5, 0.6) is 0 Å². The van der Waals surface area contributed by atoms with Gasteiger partial charge in [-0.15, -0.1) is 0 Å². The van der Waals surface area contributed by atoms with Gasteiger partial charge in [0.05, 0.1) is 6.10 Å². The van der Waals surface area contributed by atoms with E-state index in [4.69, 9.17) is 27.9 Å². The van der Waals surface area contributed by atoms with Gasteiger partial charge < -0.3 is 4.74 Å². The minimum atomic E-state index is -1.09. The van der Waals surface area contributed by atoms with E-state index in [1.165, 1.54) is 19.3 Å². The van der Waals surface area contributed by atoms with Crippen molar-refractivity contribution in [2.75, 3.05) is 7.11 Å². The molecule has 4 heteroatoms. The fraction of sp³-hybridized carbons (Fsp3) is 0.938. The number of fused-ring (bicyclic) bond motifs is 1. The molecule has 2 fully saturated rings. The smallest absolute Gasteiger partial charge is 0.179 e. The molecule has 4 atom stereocenters. The predicted octanol–water partition coefficient (Wildman–Crippen LogP) is 4.76. The van der Waals surface area contributed by atoms with E-state index in [2.05, 4.69) is 6.92 Å². The van der Waals surface area contributed by atoms with Crippen molar-refractivity contribution in [1.82, 2.24) is 0 Å². The van der Waals surface area contributed by atoms with Crippen molar-refractivity contribution in [3.63, 3.8) is 0 Å². The number of ether oxygens (including phenoxy) is 1. The topological polar surface area (TPSA) is 26.3 Å². The number of carbonyl (C=O) groups excluding carboxylic acids is 1. The number of methoxy groups -OCH3 is 1. The highest BCUT2D eigenvalue weighted by Crippen LogP contribution is 2.58. The largest absolute Gasteiger partial charge is 0.381 e. The zero-order chi connectivity index (χ0) is 14.8. The summed E-state index contributed by atoms with van der Waals surface area (Å²) in [5.74, 6) is 0.952. The van der Waals surface area contributed by atoms with Gasteiger partial charge in [-0.1, -0.05) is 62.2 Å². The first kappa shape index (κ1) is 16.6. The molecular weight excluding hydrogens is 295 g/mol. The zero-order valence-electron chi connectivity index (χ0n) is 12.5. The lowest BCUT2D eigenvalue weighted by atomic mass is 9.58. The van der Waals surface area contributed by atoms with E-state index >= 15 is 0 Å². The second-order valence-corrected chi connectivity index (χ2v) is 7.75. The minimum absolute atomic E-state index is 0.0703. The van der Waals surface area contributed by atoms with Crippen molar-refractivity contribution in [3.05, 3.63) is 0 Å². The Morgan fingerprint density at radius 3 is 2.75 bits per heavy atom. The van der Waals surface area contributed by atoms with Crippen LogP contribution in [-0.4, -0.2) is 23.3 Å². The van der Waals surface area contributed by atoms with Gasteiger partial charge in [-0.3, -0.25) is 4.79 Å². The molecule has 0 N–H and O–H groups in total. The number of carbonyl (C=O) groups is 1. The van der Waals surface area contributed by atoms with Crippen LogP contribution in [0, 0.1) is 17.8 Å². The third kappa shape index (κ3) is 3.18. The molecule has 2 nitrogen and oxygen atoms in total. The molecule has 2 aliphatic rings. The molecule has 0 saturated heterocycles. The van der Waals surface area contributed by atoms with E-state index in [9.17, 15) is 4.79 Å². The Morgan fingerprint density at radius 2 is 2.10 bits per heavy atom. The summed E-state index contributed by atoms with van der Waals surface area (Å²) in [6.07, 6.45) is 9.43. The van der Waals surface area contributed by atoms with Crippen LogP contribution in [0.25, 0.3) is 0 Å². The zero-order valence-corrected chi connectivity index (χ0v) is 14.1. The molecular formula is C16H26Cl2O2. The van der Waals surface area contributed by atoms with Crippen molar-refractivity contribution >= 4 is 29.0 Å². The molecule has 0 spiro atoms. The van der Waals surface area contributed by atoms with Gasteiger partial charge in [0.25, 0.3) is 0 Å². The lowest BCUT2D eigenvalue weighted by molar-refractivity contribution is -0.141. The Kier molecular flexibility index (Phi) is 5.79. The van der Waals surface area contributed by atoms with Gasteiger partial charge in [-0.05, 0) is 25.2 Å². The molecule has 20 heavy (non-hydrogen) atoms. The monoisotopic (exact) mass is 320 g/mol. The van der Waals surface area contributed by atoms with Crippen LogP contribution in [0.3, 0.4) is 0 Å². The maximum absolute atomic E-state index is 11.9. The van der Waals surface area contributed by atoms with Gasteiger partial charge in [-0.2, -0.15) is 0 Å². The molecule has 2 rings (SSSR count). The average Bonchev–Trinajstić information content (AvgIpc) is 2.46. The average molecular weight is 321 g/mol. The molecule has 0 radical (unpaired) electrons. The third-order valence-corrected chi connectivity index (χ3v) is 6.13. The maximum Gasteiger partial charge on any atom is 0.179 e. The molecule has 4 unspecified atom stereocenters. The summed E-state index contributed by atoms with van der Waals surface area (Å²) >= 11 is 12.5. The molecule has 0 aromatic heterocycles. The van der Waals surface area contributed by atoms with E-state index in [-0.39, 0.29) is 17.6 Å². The normalized spacial score (nSPS) is 33.4. The highest BCUT2D eigenvalue weighted by Gasteiger charge is 2.63. The van der Waals surface area contributed by atoms with Crippen LogP contribution in [0.4, 0.5) is 0 Å². The quantitative estimate of drug-likeness (QED) is 0.499. The Bertz CT molecular complexity index is 339. The highest BCUT2D eigenvalue weighted by atomic mass is 35.5. The second kappa shape index (κ2) is 6.98. The summed E-state index contributed by atoms with van der Waals surface area (Å²) in [5.41, 5.74) is 0. The van der Waals surface area contributed by atoms with E-state index in [1.807, 2.05) is 0 Å². The van der Waals surface area contributed by atoms with Crippen LogP contribution in [0.1, 0.15) is 58.3 Å². The first-order valence-electron chi connectivity index (χ1n) is 7.97. The number of Topliss-reactive ketones (excluding diaryl/α,β-unsaturated/α-hetero) is 1. The molecule has 0 aromatic carbocycles. The number of alkyl halides is 2. The lowest BCUT2D eigenvalue weighted by Gasteiger charge is -2.52. The van der Waals surface area contributed by atoms with Crippen molar-refractivity contribution in [2.24, 2.45) is 17.8 Å². The van der Waals surface area contributed by atoms with Crippen LogP contribution in [0.2, 0.25) is 0 Å². The number of halogens is 2. The molecule has 2 saturated carbocycles. The van der Waals surface area contributed by atoms with Gasteiger partial charge in [0, 0.05) is 18.9 Å². The Labute approximate surface area is 132 Å². The van der Waals surface area contributed by atoms with Gasteiger partial charge >= 0.3 is 0 Å². The Morgan fingerprint density at radius 1 is 1.35 bits per heavy atom. The van der Waals surface area contributed by atoms with Gasteiger partial charge in [0.15, 0.2) is 10.1 Å². The molecule has 0 heterocycles. The first-order chi connectivity index (χ1) is 9.52. The van der Waals surface area contributed by atoms with Crippen LogP contribution < -0.4 is 0 Å². The van der Waals surface area contributed by atoms with E-state index < -0.39 is 4.33 Å². The predicted molar refractivity (Wildman–Crippen MR) is 83.3 cm³/mol. The van der Waals surface area contributed by atoms with Crippen molar-refractivity contribution < 1.29 is 9.53 Å². The summed E-state index contributed by atoms with van der Waals surface area (Å²) in [4.78, 5) is 11.9. The summed E-state index contributed by atoms with van der Waals surface area (Å²) < 4.78 is 4.31. The number of hydrogen-bond donors (Lipinski definition) is 0. The molecule has 0 aliphatic heterocycles. The maximum atomic E-state index is 11.9. The molecule has 0 bridgehead atoms. The summed E-state index contributed by atoms with van der Waals surface area (Å²) in [6.45, 7) is 2.16. The Balaban J connectivity index is 1.77. The second-order valence-electron chi connectivity index (χ2n) is 6.36. The van der Waals surface area contributed by atoms with Crippen molar-refractivity contribution in [2.45, 2.75) is 68.7 Å². The van der Waals surface area contributed by atoms with Crippen molar-refractivity contribution in [3.8, 4) is 0 Å². The number of unbranched alkanes of at least 4 members (excludes halogenated alkanes) is 1. The standard InChI is InChI=1S/C16H26Cl2O2/c1-3-12(20-2)9-5-4-7-11-8-6-10-13-14(11)16(17,18)15(13)19/h11-14H,3-10H2,1-2H3. The fourth-order valence-corrected chi connectivity index (χ4v) is 4.98. The van der Waals surface area contributed by atoms with Crippen LogP contribution in [-0.2, 0) is 9.53 Å². The summed E-state index contributed by atoms with van der Waals surface area (Å²) in [6, 6.07) is 0. The summed E-state index contributed by atoms with van der Waals surface area (Å²) in [7, 11) is 1.79. The molecule has 116 valence electrons. The van der Waals surface area contributed by atoms with E-state index in [0.29, 0.717) is 12.0 Å². The fourth-order valence-electron chi connectivity index (χ4n) is 4.04. The highest BCUT2D eigenvalue weighted by molar-refractivity contribution is 6.60. The molecule has 2 aliphatic carbocycles. The molecule has 0 aromatic rings. The first-order valence-corrected chi connectivity index (χ1v) is 8.72. The summed E-state index contributed by atoms with van der Waals surface area (Å²) in [5, 5.41) is 0. The third-order valence-electron chi connectivity index (χ3n) is 5.26. The van der Waals surface area contributed by atoms with Gasteiger partial charge in [-0.25, -0.2) is 0 Å². The number of hydrogen-bond acceptors (Lipinski definition) is 2. The van der Waals surface area contributed by atoms with Gasteiger partial charge in [0.1, 0.15) is 0 Å². The van der Waals surface area contributed by atoms with Crippen molar-refractivity contribution in [1.29, 1.82) is 0 Å². The van der Waals surface area contributed by atoms with Gasteiger partial charge in [0.2, 0.25) is 0 Å². The lowest BCUT2D eigenvalue weighted by Crippen LogP contribution is -2.60. The Hall–Kier alpha value is 0.210.